The van der Waals surface area contributed by atoms with Crippen molar-refractivity contribution in [3.05, 3.63) is 60.2 Å². The molecule has 2 nitrogen and oxygen atoms in total. The van der Waals surface area contributed by atoms with Gasteiger partial charge in [-0.05, 0) is 43.0 Å². The number of hydrogen-bond acceptors (Lipinski definition) is 2. The predicted molar refractivity (Wildman–Crippen MR) is 96.3 cm³/mol. The van der Waals surface area contributed by atoms with E-state index in [4.69, 9.17) is 0 Å². The van der Waals surface area contributed by atoms with Crippen LogP contribution in [0.25, 0.3) is 11.1 Å². The van der Waals surface area contributed by atoms with E-state index in [1.807, 2.05) is 0 Å². The third-order valence-electron chi connectivity index (χ3n) is 5.67. The van der Waals surface area contributed by atoms with Crippen LogP contribution in [0.2, 0.25) is 0 Å². The van der Waals surface area contributed by atoms with Gasteiger partial charge in [0.15, 0.2) is 0 Å². The quantitative estimate of drug-likeness (QED) is 0.845. The molecular weight excluding hydrogens is 280 g/mol. The number of hydrogen-bond donors (Lipinski definition) is 0. The zero-order valence-electron chi connectivity index (χ0n) is 14.0. The molecule has 4 rings (SSSR count). The Hall–Kier alpha value is -1.64. The zero-order valence-corrected chi connectivity index (χ0v) is 14.0. The molecule has 2 heteroatoms. The average Bonchev–Trinajstić information content (AvgIpc) is 3.08. The number of nitrogens with zero attached hydrogens (tertiary/aromatic N) is 2. The van der Waals surface area contributed by atoms with Gasteiger partial charge in [0.2, 0.25) is 0 Å². The molecule has 0 aromatic heterocycles. The molecular formula is C21H26N2. The molecule has 2 atom stereocenters. The second-order valence-electron chi connectivity index (χ2n) is 7.02. The van der Waals surface area contributed by atoms with E-state index in [-0.39, 0.29) is 0 Å². The Balaban J connectivity index is 1.45. The van der Waals surface area contributed by atoms with Gasteiger partial charge in [-0.1, -0.05) is 54.6 Å². The molecule has 2 aromatic carbocycles. The molecule has 120 valence electrons. The van der Waals surface area contributed by atoms with E-state index in [1.165, 1.54) is 49.2 Å². The average molecular weight is 306 g/mol. The van der Waals surface area contributed by atoms with E-state index >= 15 is 0 Å². The zero-order chi connectivity index (χ0) is 15.6. The van der Waals surface area contributed by atoms with E-state index in [1.54, 1.807) is 0 Å². The van der Waals surface area contributed by atoms with Crippen LogP contribution in [0.5, 0.6) is 0 Å². The van der Waals surface area contributed by atoms with Crippen molar-refractivity contribution in [1.29, 1.82) is 0 Å². The van der Waals surface area contributed by atoms with Crippen LogP contribution in [0.15, 0.2) is 54.6 Å². The highest BCUT2D eigenvalue weighted by Gasteiger charge is 2.36. The van der Waals surface area contributed by atoms with Crippen LogP contribution in [0.3, 0.4) is 0 Å². The van der Waals surface area contributed by atoms with Gasteiger partial charge in [0.25, 0.3) is 0 Å². The summed E-state index contributed by atoms with van der Waals surface area (Å²) in [6.45, 7) is 7.27. The highest BCUT2D eigenvalue weighted by atomic mass is 15.3. The summed E-state index contributed by atoms with van der Waals surface area (Å²) in [5.74, 6) is 0. The molecule has 0 N–H and O–H groups in total. The normalized spacial score (nSPS) is 25.4. The molecule has 23 heavy (non-hydrogen) atoms. The molecule has 0 radical (unpaired) electrons. The molecule has 0 aliphatic carbocycles. The van der Waals surface area contributed by atoms with Crippen LogP contribution in [-0.4, -0.2) is 41.5 Å². The minimum atomic E-state index is 0.681. The first-order valence-electron chi connectivity index (χ1n) is 8.94. The van der Waals surface area contributed by atoms with Gasteiger partial charge in [0.05, 0.1) is 0 Å². The van der Waals surface area contributed by atoms with Crippen LogP contribution in [0.1, 0.15) is 25.3 Å². The summed E-state index contributed by atoms with van der Waals surface area (Å²) in [5, 5.41) is 0. The first kappa shape index (κ1) is 14.9. The molecule has 0 unspecified atom stereocenters. The van der Waals surface area contributed by atoms with Gasteiger partial charge < -0.3 is 0 Å². The van der Waals surface area contributed by atoms with Crippen molar-refractivity contribution in [2.75, 3.05) is 19.6 Å². The SMILES string of the molecule is C[C@H]1[C@@H]2CCCN2CCN1Cc1ccc(-c2ccccc2)cc1. The summed E-state index contributed by atoms with van der Waals surface area (Å²) in [6, 6.07) is 21.2. The van der Waals surface area contributed by atoms with Crippen LogP contribution >= 0.6 is 0 Å². The Bertz CT molecular complexity index is 635. The number of benzene rings is 2. The molecule has 2 saturated heterocycles. The predicted octanol–water partition coefficient (Wildman–Crippen LogP) is 4.02. The van der Waals surface area contributed by atoms with Crippen LogP contribution in [0.4, 0.5) is 0 Å². The van der Waals surface area contributed by atoms with E-state index in [2.05, 4.69) is 71.3 Å². The topological polar surface area (TPSA) is 6.48 Å². The highest BCUT2D eigenvalue weighted by Crippen LogP contribution is 2.28. The van der Waals surface area contributed by atoms with Crippen molar-refractivity contribution in [3.8, 4) is 11.1 Å². The molecule has 0 amide bonds. The Labute approximate surface area is 139 Å². The molecule has 2 fully saturated rings. The molecule has 2 heterocycles. The maximum absolute atomic E-state index is 2.69. The number of piperazine rings is 1. The van der Waals surface area contributed by atoms with Crippen molar-refractivity contribution < 1.29 is 0 Å². The van der Waals surface area contributed by atoms with Gasteiger partial charge in [-0.2, -0.15) is 0 Å². The fourth-order valence-electron chi connectivity index (χ4n) is 4.27. The summed E-state index contributed by atoms with van der Waals surface area (Å²) in [7, 11) is 0. The van der Waals surface area contributed by atoms with Crippen molar-refractivity contribution in [3.63, 3.8) is 0 Å². The van der Waals surface area contributed by atoms with E-state index in [9.17, 15) is 0 Å². The molecule has 0 bridgehead atoms. The molecule has 0 spiro atoms. The summed E-state index contributed by atoms with van der Waals surface area (Å²) in [6.07, 6.45) is 2.76. The largest absolute Gasteiger partial charge is 0.298 e. The van der Waals surface area contributed by atoms with Gasteiger partial charge in [-0.3, -0.25) is 9.80 Å². The Morgan fingerprint density at radius 2 is 1.61 bits per heavy atom. The lowest BCUT2D eigenvalue weighted by atomic mass is 10.0. The smallest absolute Gasteiger partial charge is 0.0250 e. The number of fused-ring (bicyclic) bond motifs is 1. The maximum Gasteiger partial charge on any atom is 0.0250 e. The van der Waals surface area contributed by atoms with Gasteiger partial charge in [-0.25, -0.2) is 0 Å². The molecule has 2 aromatic rings. The van der Waals surface area contributed by atoms with E-state index in [0.717, 1.165) is 12.6 Å². The van der Waals surface area contributed by atoms with Crippen molar-refractivity contribution >= 4 is 0 Å². The fraction of sp³-hybridized carbons (Fsp3) is 0.429. The maximum atomic E-state index is 2.69. The Morgan fingerprint density at radius 3 is 2.39 bits per heavy atom. The second kappa shape index (κ2) is 6.46. The van der Waals surface area contributed by atoms with Gasteiger partial charge in [0.1, 0.15) is 0 Å². The lowest BCUT2D eigenvalue weighted by Crippen LogP contribution is -2.55. The Morgan fingerprint density at radius 1 is 0.870 bits per heavy atom. The first-order valence-corrected chi connectivity index (χ1v) is 8.94. The van der Waals surface area contributed by atoms with Crippen LogP contribution in [-0.2, 0) is 6.54 Å². The van der Waals surface area contributed by atoms with Crippen molar-refractivity contribution in [2.24, 2.45) is 0 Å². The lowest BCUT2D eigenvalue weighted by Gasteiger charge is -2.43. The van der Waals surface area contributed by atoms with Gasteiger partial charge in [0, 0.05) is 31.7 Å². The standard InChI is InChI=1S/C21H26N2/c1-17-21-8-5-13-22(21)14-15-23(17)16-18-9-11-20(12-10-18)19-6-3-2-4-7-19/h2-4,6-7,9-12,17,21H,5,8,13-16H2,1H3/t17-,21-/m0/s1. The monoisotopic (exact) mass is 306 g/mol. The summed E-state index contributed by atoms with van der Waals surface area (Å²) in [5.41, 5.74) is 4.04. The van der Waals surface area contributed by atoms with E-state index in [0.29, 0.717) is 6.04 Å². The summed E-state index contributed by atoms with van der Waals surface area (Å²) in [4.78, 5) is 5.36. The van der Waals surface area contributed by atoms with E-state index < -0.39 is 0 Å². The van der Waals surface area contributed by atoms with Gasteiger partial charge in [-0.15, -0.1) is 0 Å². The minimum absolute atomic E-state index is 0.681. The Kier molecular flexibility index (Phi) is 4.19. The van der Waals surface area contributed by atoms with Crippen LogP contribution < -0.4 is 0 Å². The lowest BCUT2D eigenvalue weighted by molar-refractivity contribution is 0.0470. The fourth-order valence-corrected chi connectivity index (χ4v) is 4.27. The molecule has 2 aliphatic heterocycles. The highest BCUT2D eigenvalue weighted by molar-refractivity contribution is 5.63. The second-order valence-corrected chi connectivity index (χ2v) is 7.02. The third-order valence-corrected chi connectivity index (χ3v) is 5.67. The molecule has 2 aliphatic rings. The van der Waals surface area contributed by atoms with Crippen molar-refractivity contribution in [2.45, 2.75) is 38.4 Å². The third kappa shape index (κ3) is 3.06. The molecule has 0 saturated carbocycles. The van der Waals surface area contributed by atoms with Crippen LogP contribution in [0, 0.1) is 0 Å². The number of rotatable bonds is 3. The van der Waals surface area contributed by atoms with Crippen molar-refractivity contribution in [1.82, 2.24) is 9.80 Å². The van der Waals surface area contributed by atoms with Gasteiger partial charge >= 0.3 is 0 Å². The summed E-state index contributed by atoms with van der Waals surface area (Å²) >= 11 is 0. The minimum Gasteiger partial charge on any atom is -0.298 e. The first-order chi connectivity index (χ1) is 11.3. The summed E-state index contributed by atoms with van der Waals surface area (Å²) < 4.78 is 0.